The summed E-state index contributed by atoms with van der Waals surface area (Å²) in [6.07, 6.45) is 0. The van der Waals surface area contributed by atoms with Gasteiger partial charge in [-0.1, -0.05) is 6.58 Å². The van der Waals surface area contributed by atoms with Gasteiger partial charge in [0.2, 0.25) is 6.79 Å². The molecule has 1 heterocycles. The zero-order chi connectivity index (χ0) is 11.5. The highest BCUT2D eigenvalue weighted by Crippen LogP contribution is 2.38. The molecule has 0 aromatic heterocycles. The molecule has 0 bridgehead atoms. The van der Waals surface area contributed by atoms with E-state index in [1.165, 1.54) is 0 Å². The lowest BCUT2D eigenvalue weighted by molar-refractivity contribution is 0.174. The minimum Gasteiger partial charge on any atom is -0.489 e. The summed E-state index contributed by atoms with van der Waals surface area (Å²) >= 11 is 0. The topological polar surface area (TPSA) is 53.7 Å². The molecular formula is C12H15NO3. The standard InChI is InChI=1S/C12H15NO3/c1-8(2)6-14-10-4-12-11(15-7-16-12)3-9(10)5-13/h3-4H,1,5-7,13H2,2H3. The van der Waals surface area contributed by atoms with E-state index >= 15 is 0 Å². The van der Waals surface area contributed by atoms with Crippen LogP contribution in [0.25, 0.3) is 0 Å². The third-order valence-electron chi connectivity index (χ3n) is 2.25. The van der Waals surface area contributed by atoms with Gasteiger partial charge in [0, 0.05) is 18.2 Å². The summed E-state index contributed by atoms with van der Waals surface area (Å²) in [5.74, 6) is 2.16. The van der Waals surface area contributed by atoms with Gasteiger partial charge in [0.15, 0.2) is 11.5 Å². The van der Waals surface area contributed by atoms with Crippen LogP contribution in [0.15, 0.2) is 24.3 Å². The third-order valence-corrected chi connectivity index (χ3v) is 2.25. The molecule has 0 amide bonds. The van der Waals surface area contributed by atoms with Crippen LogP contribution in [0.1, 0.15) is 12.5 Å². The van der Waals surface area contributed by atoms with E-state index < -0.39 is 0 Å². The highest BCUT2D eigenvalue weighted by atomic mass is 16.7. The molecule has 0 atom stereocenters. The zero-order valence-corrected chi connectivity index (χ0v) is 9.29. The molecule has 0 saturated carbocycles. The van der Waals surface area contributed by atoms with Gasteiger partial charge in [-0.3, -0.25) is 0 Å². The van der Waals surface area contributed by atoms with Crippen LogP contribution in [0, 0.1) is 0 Å². The highest BCUT2D eigenvalue weighted by Gasteiger charge is 2.17. The molecule has 1 aliphatic rings. The predicted octanol–water partition coefficient (Wildman–Crippen LogP) is 1.83. The van der Waals surface area contributed by atoms with E-state index in [0.717, 1.165) is 22.6 Å². The van der Waals surface area contributed by atoms with Crippen LogP contribution in [-0.4, -0.2) is 13.4 Å². The van der Waals surface area contributed by atoms with Crippen molar-refractivity contribution in [2.75, 3.05) is 13.4 Å². The molecule has 0 spiro atoms. The Hall–Kier alpha value is -1.68. The predicted molar refractivity (Wildman–Crippen MR) is 60.8 cm³/mol. The molecule has 16 heavy (non-hydrogen) atoms. The number of fused-ring (bicyclic) bond motifs is 1. The van der Waals surface area contributed by atoms with Crippen molar-refractivity contribution in [3.05, 3.63) is 29.8 Å². The first-order valence-electron chi connectivity index (χ1n) is 5.10. The van der Waals surface area contributed by atoms with Crippen molar-refractivity contribution < 1.29 is 14.2 Å². The van der Waals surface area contributed by atoms with Gasteiger partial charge < -0.3 is 19.9 Å². The Balaban J connectivity index is 2.25. The summed E-state index contributed by atoms with van der Waals surface area (Å²) in [4.78, 5) is 0. The average Bonchev–Trinajstić information content (AvgIpc) is 2.71. The zero-order valence-electron chi connectivity index (χ0n) is 9.29. The van der Waals surface area contributed by atoms with Crippen LogP contribution < -0.4 is 19.9 Å². The minimum absolute atomic E-state index is 0.253. The van der Waals surface area contributed by atoms with Gasteiger partial charge in [0.1, 0.15) is 12.4 Å². The van der Waals surface area contributed by atoms with Crippen molar-refractivity contribution in [3.8, 4) is 17.2 Å². The molecule has 1 aliphatic heterocycles. The lowest BCUT2D eigenvalue weighted by Gasteiger charge is -2.11. The summed E-state index contributed by atoms with van der Waals surface area (Å²) in [7, 11) is 0. The highest BCUT2D eigenvalue weighted by molar-refractivity contribution is 5.51. The maximum absolute atomic E-state index is 5.65. The maximum atomic E-state index is 5.65. The van der Waals surface area contributed by atoms with Crippen molar-refractivity contribution in [1.82, 2.24) is 0 Å². The summed E-state index contributed by atoms with van der Waals surface area (Å²) in [5, 5.41) is 0. The Morgan fingerprint density at radius 1 is 1.44 bits per heavy atom. The van der Waals surface area contributed by atoms with Crippen molar-refractivity contribution in [1.29, 1.82) is 0 Å². The molecule has 2 N–H and O–H groups in total. The van der Waals surface area contributed by atoms with E-state index in [4.69, 9.17) is 19.9 Å². The molecule has 1 aromatic rings. The normalized spacial score (nSPS) is 12.6. The van der Waals surface area contributed by atoms with E-state index in [1.807, 2.05) is 19.1 Å². The van der Waals surface area contributed by atoms with Gasteiger partial charge in [-0.25, -0.2) is 0 Å². The van der Waals surface area contributed by atoms with Crippen molar-refractivity contribution in [3.63, 3.8) is 0 Å². The maximum Gasteiger partial charge on any atom is 0.231 e. The first-order chi connectivity index (χ1) is 7.70. The second-order valence-corrected chi connectivity index (χ2v) is 3.76. The number of hydrogen-bond donors (Lipinski definition) is 1. The van der Waals surface area contributed by atoms with Crippen LogP contribution in [0.4, 0.5) is 0 Å². The molecular weight excluding hydrogens is 206 g/mol. The number of benzene rings is 1. The van der Waals surface area contributed by atoms with E-state index in [1.54, 1.807) is 0 Å². The van der Waals surface area contributed by atoms with Gasteiger partial charge in [0.05, 0.1) is 0 Å². The molecule has 0 saturated heterocycles. The quantitative estimate of drug-likeness (QED) is 0.788. The summed E-state index contributed by atoms with van der Waals surface area (Å²) in [6, 6.07) is 3.67. The van der Waals surface area contributed by atoms with Crippen molar-refractivity contribution in [2.45, 2.75) is 13.5 Å². The Morgan fingerprint density at radius 2 is 2.12 bits per heavy atom. The number of ether oxygens (including phenoxy) is 3. The molecule has 0 aliphatic carbocycles. The summed E-state index contributed by atoms with van der Waals surface area (Å²) < 4.78 is 16.2. The molecule has 4 heteroatoms. The van der Waals surface area contributed by atoms with Crippen LogP contribution in [-0.2, 0) is 6.54 Å². The Bertz CT molecular complexity index is 415. The molecule has 0 radical (unpaired) electrons. The van der Waals surface area contributed by atoms with Gasteiger partial charge >= 0.3 is 0 Å². The SMILES string of the molecule is C=C(C)COc1cc2c(cc1CN)OCO2. The van der Waals surface area contributed by atoms with Crippen LogP contribution in [0.2, 0.25) is 0 Å². The lowest BCUT2D eigenvalue weighted by atomic mass is 10.1. The smallest absolute Gasteiger partial charge is 0.231 e. The van der Waals surface area contributed by atoms with Gasteiger partial charge in [-0.05, 0) is 18.6 Å². The lowest BCUT2D eigenvalue weighted by Crippen LogP contribution is -2.04. The van der Waals surface area contributed by atoms with E-state index in [0.29, 0.717) is 18.9 Å². The first kappa shape index (κ1) is 10.8. The molecule has 0 fully saturated rings. The monoisotopic (exact) mass is 221 g/mol. The molecule has 4 nitrogen and oxygen atoms in total. The number of nitrogens with two attached hydrogens (primary N) is 1. The second-order valence-electron chi connectivity index (χ2n) is 3.76. The summed E-state index contributed by atoms with van der Waals surface area (Å²) in [6.45, 7) is 6.83. The Morgan fingerprint density at radius 3 is 2.75 bits per heavy atom. The number of rotatable bonds is 4. The molecule has 1 aromatic carbocycles. The fraction of sp³-hybridized carbons (Fsp3) is 0.333. The fourth-order valence-electron chi connectivity index (χ4n) is 1.46. The molecule has 0 unspecified atom stereocenters. The molecule has 2 rings (SSSR count). The van der Waals surface area contributed by atoms with Gasteiger partial charge in [-0.15, -0.1) is 0 Å². The molecule has 86 valence electrons. The summed E-state index contributed by atoms with van der Waals surface area (Å²) in [5.41, 5.74) is 7.52. The van der Waals surface area contributed by atoms with Gasteiger partial charge in [0.25, 0.3) is 0 Å². The second kappa shape index (κ2) is 4.45. The third kappa shape index (κ3) is 2.12. The van der Waals surface area contributed by atoms with Crippen LogP contribution in [0.3, 0.4) is 0 Å². The van der Waals surface area contributed by atoms with Crippen LogP contribution in [0.5, 0.6) is 17.2 Å². The number of hydrogen-bond acceptors (Lipinski definition) is 4. The van der Waals surface area contributed by atoms with Crippen molar-refractivity contribution in [2.24, 2.45) is 5.73 Å². The Kier molecular flexibility index (Phi) is 3.01. The van der Waals surface area contributed by atoms with Crippen LogP contribution >= 0.6 is 0 Å². The minimum atomic E-state index is 0.253. The van der Waals surface area contributed by atoms with Crippen molar-refractivity contribution >= 4 is 0 Å². The van der Waals surface area contributed by atoms with E-state index in [2.05, 4.69) is 6.58 Å². The van der Waals surface area contributed by atoms with E-state index in [9.17, 15) is 0 Å². The fourth-order valence-corrected chi connectivity index (χ4v) is 1.46. The van der Waals surface area contributed by atoms with E-state index in [-0.39, 0.29) is 6.79 Å². The largest absolute Gasteiger partial charge is 0.489 e. The van der Waals surface area contributed by atoms with Gasteiger partial charge in [-0.2, -0.15) is 0 Å². The first-order valence-corrected chi connectivity index (χ1v) is 5.10. The average molecular weight is 221 g/mol. The Labute approximate surface area is 94.6 Å².